The predicted molar refractivity (Wildman–Crippen MR) is 50.5 cm³/mol. The third-order valence-electron chi connectivity index (χ3n) is 2.11. The van der Waals surface area contributed by atoms with Gasteiger partial charge in [0.1, 0.15) is 0 Å². The molecule has 76 valence electrons. The van der Waals surface area contributed by atoms with E-state index in [1.165, 1.54) is 0 Å². The third kappa shape index (κ3) is 3.32. The van der Waals surface area contributed by atoms with Crippen LogP contribution in [-0.4, -0.2) is 38.3 Å². The van der Waals surface area contributed by atoms with Crippen LogP contribution in [0.3, 0.4) is 0 Å². The summed E-state index contributed by atoms with van der Waals surface area (Å²) in [4.78, 5) is 11.4. The van der Waals surface area contributed by atoms with E-state index in [4.69, 9.17) is 4.74 Å². The van der Waals surface area contributed by atoms with Crippen LogP contribution in [0, 0.1) is 5.92 Å². The number of nitrogens with one attached hydrogen (secondary N) is 2. The van der Waals surface area contributed by atoms with Crippen molar-refractivity contribution >= 4 is 5.91 Å². The van der Waals surface area contributed by atoms with Crippen LogP contribution in [0.4, 0.5) is 0 Å². The third-order valence-corrected chi connectivity index (χ3v) is 2.11. The summed E-state index contributed by atoms with van der Waals surface area (Å²) in [6.45, 7) is 6.83. The van der Waals surface area contributed by atoms with E-state index in [-0.39, 0.29) is 17.9 Å². The number of hydrogen-bond donors (Lipinski definition) is 2. The second-order valence-electron chi connectivity index (χ2n) is 3.42. The van der Waals surface area contributed by atoms with E-state index < -0.39 is 0 Å². The molecule has 1 heterocycles. The SMILES string of the molecule is CCOCC(C)NC(=O)C1CNC1. The number of carbonyl (C=O) groups excluding carboxylic acids is 1. The summed E-state index contributed by atoms with van der Waals surface area (Å²) in [5, 5.41) is 5.98. The van der Waals surface area contributed by atoms with Crippen LogP contribution in [-0.2, 0) is 9.53 Å². The van der Waals surface area contributed by atoms with Crippen LogP contribution in [0.5, 0.6) is 0 Å². The molecule has 0 radical (unpaired) electrons. The van der Waals surface area contributed by atoms with Crippen molar-refractivity contribution in [1.29, 1.82) is 0 Å². The topological polar surface area (TPSA) is 50.4 Å². The summed E-state index contributed by atoms with van der Waals surface area (Å²) in [5.74, 6) is 0.315. The number of hydrogen-bond acceptors (Lipinski definition) is 3. The molecular formula is C9H18N2O2. The minimum Gasteiger partial charge on any atom is -0.380 e. The molecule has 0 aromatic carbocycles. The first kappa shape index (κ1) is 10.5. The Hall–Kier alpha value is -0.610. The zero-order chi connectivity index (χ0) is 9.68. The molecule has 0 saturated carbocycles. The Morgan fingerprint density at radius 1 is 1.69 bits per heavy atom. The summed E-state index contributed by atoms with van der Waals surface area (Å²) in [6.07, 6.45) is 0. The fourth-order valence-electron chi connectivity index (χ4n) is 1.17. The van der Waals surface area contributed by atoms with Gasteiger partial charge in [-0.2, -0.15) is 0 Å². The highest BCUT2D eigenvalue weighted by Crippen LogP contribution is 2.02. The molecule has 4 nitrogen and oxygen atoms in total. The molecule has 13 heavy (non-hydrogen) atoms. The number of amides is 1. The lowest BCUT2D eigenvalue weighted by Gasteiger charge is -2.27. The van der Waals surface area contributed by atoms with Crippen molar-refractivity contribution in [3.05, 3.63) is 0 Å². The molecule has 4 heteroatoms. The van der Waals surface area contributed by atoms with E-state index in [0.717, 1.165) is 13.1 Å². The molecule has 0 bridgehead atoms. The Balaban J connectivity index is 2.11. The summed E-state index contributed by atoms with van der Waals surface area (Å²) in [7, 11) is 0. The van der Waals surface area contributed by atoms with Crippen LogP contribution in [0.15, 0.2) is 0 Å². The van der Waals surface area contributed by atoms with E-state index in [1.54, 1.807) is 0 Å². The first-order chi connectivity index (χ1) is 6.24. The van der Waals surface area contributed by atoms with Crippen molar-refractivity contribution in [2.45, 2.75) is 19.9 Å². The van der Waals surface area contributed by atoms with Gasteiger partial charge in [-0.15, -0.1) is 0 Å². The normalized spacial score (nSPS) is 19.2. The molecule has 0 aliphatic carbocycles. The zero-order valence-electron chi connectivity index (χ0n) is 8.30. The molecular weight excluding hydrogens is 168 g/mol. The van der Waals surface area contributed by atoms with Crippen LogP contribution in [0.2, 0.25) is 0 Å². The molecule has 2 N–H and O–H groups in total. The molecule has 1 amide bonds. The maximum atomic E-state index is 11.4. The molecule has 1 atom stereocenters. The summed E-state index contributed by atoms with van der Waals surface area (Å²) in [6, 6.07) is 0.119. The number of rotatable bonds is 5. The van der Waals surface area contributed by atoms with Crippen molar-refractivity contribution in [1.82, 2.24) is 10.6 Å². The largest absolute Gasteiger partial charge is 0.380 e. The van der Waals surface area contributed by atoms with Gasteiger partial charge in [-0.1, -0.05) is 0 Å². The van der Waals surface area contributed by atoms with Crippen molar-refractivity contribution in [2.75, 3.05) is 26.3 Å². The lowest BCUT2D eigenvalue weighted by atomic mass is 10.0. The Morgan fingerprint density at radius 2 is 2.38 bits per heavy atom. The first-order valence-corrected chi connectivity index (χ1v) is 4.83. The Morgan fingerprint density at radius 3 is 2.85 bits per heavy atom. The highest BCUT2D eigenvalue weighted by Gasteiger charge is 2.25. The van der Waals surface area contributed by atoms with Crippen LogP contribution >= 0.6 is 0 Å². The summed E-state index contributed by atoms with van der Waals surface area (Å²) < 4.78 is 5.20. The van der Waals surface area contributed by atoms with Crippen LogP contribution in [0.1, 0.15) is 13.8 Å². The average Bonchev–Trinajstić information content (AvgIpc) is 1.97. The molecule has 0 aromatic rings. The standard InChI is InChI=1S/C9H18N2O2/c1-3-13-6-7(2)11-9(12)8-4-10-5-8/h7-8,10H,3-6H2,1-2H3,(H,11,12). The summed E-state index contributed by atoms with van der Waals surface area (Å²) >= 11 is 0. The first-order valence-electron chi connectivity index (χ1n) is 4.83. The van der Waals surface area contributed by atoms with Gasteiger partial charge in [0, 0.05) is 25.7 Å². The molecule has 1 aliphatic rings. The fraction of sp³-hybridized carbons (Fsp3) is 0.889. The minimum absolute atomic E-state index is 0.119. The smallest absolute Gasteiger partial charge is 0.225 e. The Kier molecular flexibility index (Phi) is 4.18. The van der Waals surface area contributed by atoms with Crippen LogP contribution in [0.25, 0.3) is 0 Å². The van der Waals surface area contributed by atoms with Gasteiger partial charge in [-0.25, -0.2) is 0 Å². The maximum absolute atomic E-state index is 11.4. The quantitative estimate of drug-likeness (QED) is 0.622. The molecule has 1 rings (SSSR count). The number of carbonyl (C=O) groups is 1. The van der Waals surface area contributed by atoms with Crippen LogP contribution < -0.4 is 10.6 Å². The van der Waals surface area contributed by atoms with Crippen molar-refractivity contribution in [3.63, 3.8) is 0 Å². The zero-order valence-corrected chi connectivity index (χ0v) is 8.30. The van der Waals surface area contributed by atoms with E-state index >= 15 is 0 Å². The second-order valence-corrected chi connectivity index (χ2v) is 3.42. The molecule has 1 saturated heterocycles. The van der Waals surface area contributed by atoms with E-state index in [9.17, 15) is 4.79 Å². The molecule has 1 unspecified atom stereocenters. The highest BCUT2D eigenvalue weighted by molar-refractivity contribution is 5.80. The average molecular weight is 186 g/mol. The Bertz CT molecular complexity index is 169. The predicted octanol–water partition coefficient (Wildman–Crippen LogP) is -0.253. The van der Waals surface area contributed by atoms with Crippen molar-refractivity contribution in [3.8, 4) is 0 Å². The van der Waals surface area contributed by atoms with E-state index in [1.807, 2.05) is 13.8 Å². The van der Waals surface area contributed by atoms with Gasteiger partial charge >= 0.3 is 0 Å². The van der Waals surface area contributed by atoms with Crippen molar-refractivity contribution in [2.24, 2.45) is 5.92 Å². The molecule has 0 spiro atoms. The lowest BCUT2D eigenvalue weighted by molar-refractivity contribution is -0.127. The molecule has 1 aliphatic heterocycles. The van der Waals surface area contributed by atoms with Gasteiger partial charge in [0.2, 0.25) is 5.91 Å². The maximum Gasteiger partial charge on any atom is 0.225 e. The Labute approximate surface area is 79.0 Å². The van der Waals surface area contributed by atoms with Gasteiger partial charge < -0.3 is 15.4 Å². The summed E-state index contributed by atoms with van der Waals surface area (Å²) in [5.41, 5.74) is 0. The highest BCUT2D eigenvalue weighted by atomic mass is 16.5. The van der Waals surface area contributed by atoms with E-state index in [2.05, 4.69) is 10.6 Å². The molecule has 0 aromatic heterocycles. The van der Waals surface area contributed by atoms with Gasteiger partial charge in [-0.3, -0.25) is 4.79 Å². The van der Waals surface area contributed by atoms with Gasteiger partial charge in [0.05, 0.1) is 12.5 Å². The van der Waals surface area contributed by atoms with Gasteiger partial charge in [0.15, 0.2) is 0 Å². The van der Waals surface area contributed by atoms with Gasteiger partial charge in [-0.05, 0) is 13.8 Å². The monoisotopic (exact) mass is 186 g/mol. The number of ether oxygens (including phenoxy) is 1. The van der Waals surface area contributed by atoms with Gasteiger partial charge in [0.25, 0.3) is 0 Å². The second kappa shape index (κ2) is 5.19. The fourth-order valence-corrected chi connectivity index (χ4v) is 1.17. The minimum atomic E-state index is 0.119. The lowest BCUT2D eigenvalue weighted by Crippen LogP contribution is -2.52. The van der Waals surface area contributed by atoms with E-state index in [0.29, 0.717) is 13.2 Å². The van der Waals surface area contributed by atoms with Crippen molar-refractivity contribution < 1.29 is 9.53 Å². The molecule has 1 fully saturated rings.